The first-order valence-corrected chi connectivity index (χ1v) is 7.37. The lowest BCUT2D eigenvalue weighted by molar-refractivity contribution is -0.121. The molecule has 0 heterocycles. The lowest BCUT2D eigenvalue weighted by Crippen LogP contribution is -2.17. The molecule has 0 aliphatic carbocycles. The molecule has 0 saturated heterocycles. The lowest BCUT2D eigenvalue weighted by Gasteiger charge is -2.05. The van der Waals surface area contributed by atoms with E-state index in [1.165, 1.54) is 0 Å². The molecule has 0 aliphatic rings. The predicted octanol–water partition coefficient (Wildman–Crippen LogP) is 3.17. The van der Waals surface area contributed by atoms with Crippen molar-refractivity contribution in [1.82, 2.24) is 5.43 Å². The van der Waals surface area contributed by atoms with Crippen LogP contribution >= 0.6 is 0 Å². The minimum absolute atomic E-state index is 0.103. The van der Waals surface area contributed by atoms with E-state index in [-0.39, 0.29) is 5.91 Å². The summed E-state index contributed by atoms with van der Waals surface area (Å²) in [5.41, 5.74) is 4.53. The Morgan fingerprint density at radius 1 is 1.14 bits per heavy atom. The van der Waals surface area contributed by atoms with Crippen molar-refractivity contribution < 1.29 is 9.53 Å². The number of benzene rings is 2. The van der Waals surface area contributed by atoms with Gasteiger partial charge < -0.3 is 4.74 Å². The molecule has 0 fully saturated rings. The number of carbonyl (C=O) groups is 1. The summed E-state index contributed by atoms with van der Waals surface area (Å²) in [4.78, 5) is 11.8. The summed E-state index contributed by atoms with van der Waals surface area (Å²) in [6.07, 6.45) is 2.72. The van der Waals surface area contributed by atoms with Gasteiger partial charge in [-0.1, -0.05) is 42.5 Å². The number of amides is 1. The second kappa shape index (κ2) is 8.62. The van der Waals surface area contributed by atoms with E-state index in [4.69, 9.17) is 4.74 Å². The van der Waals surface area contributed by atoms with Gasteiger partial charge in [0.1, 0.15) is 5.75 Å². The molecule has 1 N–H and O–H groups in total. The standard InChI is InChI=1S/C18H20N2O2/c1-2-22-17-11-7-6-10-16(17)14-19-20-18(21)13-12-15-8-4-3-5-9-15/h3-11,14H,2,12-13H2,1H3,(H,20,21). The number of hydrogen-bond acceptors (Lipinski definition) is 3. The molecule has 2 aromatic carbocycles. The minimum atomic E-state index is -0.103. The molecule has 2 rings (SSSR count). The molecule has 0 saturated carbocycles. The SMILES string of the molecule is CCOc1ccccc1C=NNC(=O)CCc1ccccc1. The van der Waals surface area contributed by atoms with E-state index >= 15 is 0 Å². The number of para-hydroxylation sites is 1. The molecular formula is C18H20N2O2. The highest BCUT2D eigenvalue weighted by Gasteiger charge is 2.02. The number of carbonyl (C=O) groups excluding carboxylic acids is 1. The largest absolute Gasteiger partial charge is 0.493 e. The fourth-order valence-corrected chi connectivity index (χ4v) is 2.01. The molecule has 114 valence electrons. The van der Waals surface area contributed by atoms with Gasteiger partial charge in [0, 0.05) is 12.0 Å². The van der Waals surface area contributed by atoms with Crippen LogP contribution in [0.25, 0.3) is 0 Å². The molecule has 0 unspecified atom stereocenters. The summed E-state index contributed by atoms with van der Waals surface area (Å²) in [7, 11) is 0. The van der Waals surface area contributed by atoms with Crippen LogP contribution in [0.15, 0.2) is 59.7 Å². The van der Waals surface area contributed by atoms with Crippen molar-refractivity contribution in [2.75, 3.05) is 6.61 Å². The third-order valence-electron chi connectivity index (χ3n) is 3.10. The van der Waals surface area contributed by atoms with Gasteiger partial charge in [0.15, 0.2) is 0 Å². The first kappa shape index (κ1) is 15.8. The Hall–Kier alpha value is -2.62. The Morgan fingerprint density at radius 3 is 2.64 bits per heavy atom. The molecular weight excluding hydrogens is 276 g/mol. The first-order valence-electron chi connectivity index (χ1n) is 7.37. The molecule has 0 bridgehead atoms. The number of rotatable bonds is 7. The monoisotopic (exact) mass is 296 g/mol. The van der Waals surface area contributed by atoms with Crippen molar-refractivity contribution in [3.05, 3.63) is 65.7 Å². The Balaban J connectivity index is 1.83. The zero-order valence-corrected chi connectivity index (χ0v) is 12.7. The van der Waals surface area contributed by atoms with Crippen molar-refractivity contribution in [1.29, 1.82) is 0 Å². The van der Waals surface area contributed by atoms with Crippen LogP contribution in [0, 0.1) is 0 Å². The number of hydrazone groups is 1. The van der Waals surface area contributed by atoms with Crippen molar-refractivity contribution in [2.24, 2.45) is 5.10 Å². The topological polar surface area (TPSA) is 50.7 Å². The van der Waals surface area contributed by atoms with E-state index in [0.717, 1.165) is 16.9 Å². The Kier molecular flexibility index (Phi) is 6.18. The summed E-state index contributed by atoms with van der Waals surface area (Å²) in [5, 5.41) is 3.99. The van der Waals surface area contributed by atoms with Gasteiger partial charge in [0.25, 0.3) is 0 Å². The van der Waals surface area contributed by atoms with Crippen LogP contribution in [0.3, 0.4) is 0 Å². The van der Waals surface area contributed by atoms with Crippen molar-refractivity contribution >= 4 is 12.1 Å². The molecule has 4 heteroatoms. The number of nitrogens with zero attached hydrogens (tertiary/aromatic N) is 1. The summed E-state index contributed by atoms with van der Waals surface area (Å²) < 4.78 is 5.50. The van der Waals surface area contributed by atoms with Crippen molar-refractivity contribution in [3.8, 4) is 5.75 Å². The molecule has 2 aromatic rings. The van der Waals surface area contributed by atoms with Crippen LogP contribution in [-0.2, 0) is 11.2 Å². The van der Waals surface area contributed by atoms with E-state index in [1.807, 2.05) is 61.5 Å². The normalized spacial score (nSPS) is 10.6. The van der Waals surface area contributed by atoms with E-state index in [1.54, 1.807) is 6.21 Å². The quantitative estimate of drug-likeness (QED) is 0.630. The third-order valence-corrected chi connectivity index (χ3v) is 3.10. The van der Waals surface area contributed by atoms with Gasteiger partial charge in [-0.15, -0.1) is 0 Å². The molecule has 4 nitrogen and oxygen atoms in total. The summed E-state index contributed by atoms with van der Waals surface area (Å²) in [6.45, 7) is 2.52. The second-order valence-corrected chi connectivity index (χ2v) is 4.75. The molecule has 22 heavy (non-hydrogen) atoms. The summed E-state index contributed by atoms with van der Waals surface area (Å²) in [6, 6.07) is 17.5. The van der Waals surface area contributed by atoms with Crippen LogP contribution in [0.5, 0.6) is 5.75 Å². The Morgan fingerprint density at radius 2 is 1.86 bits per heavy atom. The highest BCUT2D eigenvalue weighted by Crippen LogP contribution is 2.15. The van der Waals surface area contributed by atoms with Crippen molar-refractivity contribution in [2.45, 2.75) is 19.8 Å². The van der Waals surface area contributed by atoms with Gasteiger partial charge in [-0.25, -0.2) is 5.43 Å². The van der Waals surface area contributed by atoms with Gasteiger partial charge in [-0.3, -0.25) is 4.79 Å². The molecule has 0 aromatic heterocycles. The lowest BCUT2D eigenvalue weighted by atomic mass is 10.1. The molecule has 0 aliphatic heterocycles. The highest BCUT2D eigenvalue weighted by molar-refractivity contribution is 5.85. The van der Waals surface area contributed by atoms with Crippen LogP contribution in [0.2, 0.25) is 0 Å². The Bertz CT molecular complexity index is 624. The van der Waals surface area contributed by atoms with Gasteiger partial charge in [-0.2, -0.15) is 5.10 Å². The zero-order valence-electron chi connectivity index (χ0n) is 12.7. The number of hydrogen-bond donors (Lipinski definition) is 1. The van der Waals surface area contributed by atoms with Gasteiger partial charge in [-0.05, 0) is 31.0 Å². The third kappa shape index (κ3) is 5.05. The molecule has 0 spiro atoms. The zero-order chi connectivity index (χ0) is 15.6. The smallest absolute Gasteiger partial charge is 0.240 e. The second-order valence-electron chi connectivity index (χ2n) is 4.75. The summed E-state index contributed by atoms with van der Waals surface area (Å²) in [5.74, 6) is 0.654. The van der Waals surface area contributed by atoms with E-state index in [9.17, 15) is 4.79 Å². The van der Waals surface area contributed by atoms with Crippen LogP contribution < -0.4 is 10.2 Å². The molecule has 0 radical (unpaired) electrons. The minimum Gasteiger partial charge on any atom is -0.493 e. The fraction of sp³-hybridized carbons (Fsp3) is 0.222. The first-order chi connectivity index (χ1) is 10.8. The highest BCUT2D eigenvalue weighted by atomic mass is 16.5. The van der Waals surface area contributed by atoms with E-state index < -0.39 is 0 Å². The van der Waals surface area contributed by atoms with E-state index in [2.05, 4.69) is 10.5 Å². The molecule has 0 atom stereocenters. The molecule has 1 amide bonds. The van der Waals surface area contributed by atoms with Crippen LogP contribution in [-0.4, -0.2) is 18.7 Å². The maximum absolute atomic E-state index is 11.8. The van der Waals surface area contributed by atoms with Crippen molar-refractivity contribution in [3.63, 3.8) is 0 Å². The van der Waals surface area contributed by atoms with Gasteiger partial charge in [0.2, 0.25) is 5.91 Å². The van der Waals surface area contributed by atoms with Crippen LogP contribution in [0.4, 0.5) is 0 Å². The number of ether oxygens (including phenoxy) is 1. The average molecular weight is 296 g/mol. The average Bonchev–Trinajstić information content (AvgIpc) is 2.56. The van der Waals surface area contributed by atoms with E-state index in [0.29, 0.717) is 19.4 Å². The van der Waals surface area contributed by atoms with Gasteiger partial charge >= 0.3 is 0 Å². The number of aryl methyl sites for hydroxylation is 1. The number of nitrogens with one attached hydrogen (secondary N) is 1. The van der Waals surface area contributed by atoms with Gasteiger partial charge in [0.05, 0.1) is 12.8 Å². The maximum Gasteiger partial charge on any atom is 0.240 e. The predicted molar refractivity (Wildman–Crippen MR) is 88.1 cm³/mol. The maximum atomic E-state index is 11.8. The summed E-state index contributed by atoms with van der Waals surface area (Å²) >= 11 is 0. The van der Waals surface area contributed by atoms with Crippen LogP contribution in [0.1, 0.15) is 24.5 Å². The Labute approximate surface area is 130 Å². The fourth-order valence-electron chi connectivity index (χ4n) is 2.01.